The van der Waals surface area contributed by atoms with Crippen molar-refractivity contribution in [3.63, 3.8) is 0 Å². The molecule has 1 heterocycles. The van der Waals surface area contributed by atoms with Crippen LogP contribution in [0, 0.1) is 17.4 Å². The van der Waals surface area contributed by atoms with Gasteiger partial charge in [-0.15, -0.1) is 0 Å². The Morgan fingerprint density at radius 2 is 1.81 bits per heavy atom. The Labute approximate surface area is 188 Å². The smallest absolute Gasteiger partial charge is 0.179 e. The number of ether oxygens (including phenoxy) is 1. The standard InChI is InChI=1S/C27H25N3O2/c28-19-30-17-22-14-15-27(22,18-30)29-16-25(31)21-12-10-20(11-13-21)24-8-4-5-9-26(24)32-23-6-2-1-3-7-23/h1-13,22,29H,14-18H2/t22?,27-/m0/s1. The molecule has 32 heavy (non-hydrogen) atoms. The third kappa shape index (κ3) is 3.86. The van der Waals surface area contributed by atoms with Gasteiger partial charge >= 0.3 is 0 Å². The van der Waals surface area contributed by atoms with Gasteiger partial charge < -0.3 is 15.0 Å². The first-order valence-corrected chi connectivity index (χ1v) is 11.0. The number of likely N-dealkylation sites (tertiary alicyclic amines) is 1. The summed E-state index contributed by atoms with van der Waals surface area (Å²) in [6.07, 6.45) is 4.40. The second kappa shape index (κ2) is 8.49. The topological polar surface area (TPSA) is 65.4 Å². The first-order chi connectivity index (χ1) is 15.7. The summed E-state index contributed by atoms with van der Waals surface area (Å²) in [4.78, 5) is 14.6. The predicted octanol–water partition coefficient (Wildman–Crippen LogP) is 4.86. The molecule has 2 atom stereocenters. The van der Waals surface area contributed by atoms with Gasteiger partial charge in [0.15, 0.2) is 12.0 Å². The van der Waals surface area contributed by atoms with Crippen LogP contribution in [0.2, 0.25) is 0 Å². The Morgan fingerprint density at radius 3 is 2.53 bits per heavy atom. The highest BCUT2D eigenvalue weighted by atomic mass is 16.5. The molecule has 5 heteroatoms. The summed E-state index contributed by atoms with van der Waals surface area (Å²) in [7, 11) is 0. The lowest BCUT2D eigenvalue weighted by Crippen LogP contribution is -2.59. The van der Waals surface area contributed by atoms with Gasteiger partial charge in [-0.05, 0) is 42.5 Å². The first-order valence-electron chi connectivity index (χ1n) is 11.0. The van der Waals surface area contributed by atoms with Crippen LogP contribution >= 0.6 is 0 Å². The molecule has 1 aliphatic heterocycles. The lowest BCUT2D eigenvalue weighted by Gasteiger charge is -2.44. The summed E-state index contributed by atoms with van der Waals surface area (Å²) in [5.74, 6) is 2.10. The minimum absolute atomic E-state index is 0.0702. The summed E-state index contributed by atoms with van der Waals surface area (Å²) in [6, 6.07) is 25.3. The molecular formula is C27H25N3O2. The molecule has 5 nitrogen and oxygen atoms in total. The molecular weight excluding hydrogens is 398 g/mol. The summed E-state index contributed by atoms with van der Waals surface area (Å²) >= 11 is 0. The first kappa shape index (κ1) is 20.3. The zero-order valence-electron chi connectivity index (χ0n) is 17.8. The number of carbonyl (C=O) groups is 1. The highest BCUT2D eigenvalue weighted by molar-refractivity contribution is 5.98. The fraction of sp³-hybridized carbons (Fsp3) is 0.259. The van der Waals surface area contributed by atoms with Crippen molar-refractivity contribution < 1.29 is 9.53 Å². The van der Waals surface area contributed by atoms with E-state index in [1.54, 1.807) is 4.90 Å². The number of para-hydroxylation sites is 2. The number of hydrogen-bond acceptors (Lipinski definition) is 5. The Kier molecular flexibility index (Phi) is 5.38. The number of fused-ring (bicyclic) bond motifs is 1. The van der Waals surface area contributed by atoms with Crippen molar-refractivity contribution in [3.8, 4) is 28.8 Å². The van der Waals surface area contributed by atoms with E-state index < -0.39 is 0 Å². The van der Waals surface area contributed by atoms with Crippen molar-refractivity contribution in [2.75, 3.05) is 19.6 Å². The number of Topliss-reactive ketones (excluding diaryl/α,β-unsaturated/α-hetero) is 1. The van der Waals surface area contributed by atoms with Crippen molar-refractivity contribution in [1.82, 2.24) is 10.2 Å². The van der Waals surface area contributed by atoms with E-state index in [2.05, 4.69) is 11.5 Å². The SMILES string of the molecule is N#CN1CC2CC[C@]2(NCC(=O)c2ccc(-c3ccccc3Oc3ccccc3)cc2)C1. The number of carbonyl (C=O) groups excluding carboxylic acids is 1. The average molecular weight is 424 g/mol. The van der Waals surface area contributed by atoms with Crippen molar-refractivity contribution >= 4 is 5.78 Å². The minimum atomic E-state index is -0.0704. The van der Waals surface area contributed by atoms with Gasteiger partial charge in [0.1, 0.15) is 11.5 Å². The number of benzene rings is 3. The van der Waals surface area contributed by atoms with Crippen molar-refractivity contribution in [2.24, 2.45) is 5.92 Å². The Balaban J connectivity index is 1.27. The number of hydrogen-bond donors (Lipinski definition) is 1. The van der Waals surface area contributed by atoms with Gasteiger partial charge in [0, 0.05) is 29.8 Å². The van der Waals surface area contributed by atoms with Crippen LogP contribution in [0.1, 0.15) is 23.2 Å². The van der Waals surface area contributed by atoms with Crippen molar-refractivity contribution in [1.29, 1.82) is 5.26 Å². The van der Waals surface area contributed by atoms with Gasteiger partial charge in [0.05, 0.1) is 6.54 Å². The molecule has 0 aromatic heterocycles. The monoisotopic (exact) mass is 423 g/mol. The Morgan fingerprint density at radius 1 is 1.06 bits per heavy atom. The molecule has 0 spiro atoms. The van der Waals surface area contributed by atoms with Crippen LogP contribution in [-0.4, -0.2) is 35.9 Å². The fourth-order valence-corrected chi connectivity index (χ4v) is 4.81. The molecule has 3 aromatic carbocycles. The van der Waals surface area contributed by atoms with Crippen LogP contribution < -0.4 is 10.1 Å². The van der Waals surface area contributed by atoms with Gasteiger partial charge in [0.2, 0.25) is 0 Å². The van der Waals surface area contributed by atoms with E-state index in [0.717, 1.165) is 42.0 Å². The third-order valence-corrected chi connectivity index (χ3v) is 6.75. The molecule has 0 amide bonds. The highest BCUT2D eigenvalue weighted by Crippen LogP contribution is 2.44. The zero-order chi connectivity index (χ0) is 22.0. The lowest BCUT2D eigenvalue weighted by atomic mass is 9.69. The van der Waals surface area contributed by atoms with E-state index in [4.69, 9.17) is 4.74 Å². The van der Waals surface area contributed by atoms with Gasteiger partial charge in [-0.2, -0.15) is 5.26 Å². The summed E-state index contributed by atoms with van der Waals surface area (Å²) < 4.78 is 6.08. The van der Waals surface area contributed by atoms with E-state index in [1.165, 1.54) is 0 Å². The molecule has 1 unspecified atom stereocenters. The minimum Gasteiger partial charge on any atom is -0.457 e. The molecule has 2 fully saturated rings. The second-order valence-corrected chi connectivity index (χ2v) is 8.64. The van der Waals surface area contributed by atoms with E-state index in [1.807, 2.05) is 78.9 Å². The molecule has 3 aromatic rings. The lowest BCUT2D eigenvalue weighted by molar-refractivity contribution is 0.0917. The van der Waals surface area contributed by atoms with Gasteiger partial charge in [-0.1, -0.05) is 60.7 Å². The normalized spacial score (nSPS) is 21.3. The summed E-state index contributed by atoms with van der Waals surface area (Å²) in [5, 5.41) is 12.7. The highest BCUT2D eigenvalue weighted by Gasteiger charge is 2.52. The zero-order valence-corrected chi connectivity index (χ0v) is 17.8. The molecule has 160 valence electrons. The van der Waals surface area contributed by atoms with Crippen molar-refractivity contribution in [2.45, 2.75) is 18.4 Å². The number of nitrogens with one attached hydrogen (secondary N) is 1. The number of nitrogens with zero attached hydrogens (tertiary/aromatic N) is 2. The summed E-state index contributed by atoms with van der Waals surface area (Å²) in [5.41, 5.74) is 2.59. The second-order valence-electron chi connectivity index (χ2n) is 8.64. The largest absolute Gasteiger partial charge is 0.457 e. The molecule has 1 N–H and O–H groups in total. The number of ketones is 1. The predicted molar refractivity (Wildman–Crippen MR) is 123 cm³/mol. The van der Waals surface area contributed by atoms with Crippen LogP contribution in [-0.2, 0) is 0 Å². The summed E-state index contributed by atoms with van der Waals surface area (Å²) in [6.45, 7) is 1.80. The molecule has 1 saturated carbocycles. The van der Waals surface area contributed by atoms with Crippen molar-refractivity contribution in [3.05, 3.63) is 84.4 Å². The van der Waals surface area contributed by atoms with E-state index in [0.29, 0.717) is 24.6 Å². The third-order valence-electron chi connectivity index (χ3n) is 6.75. The molecule has 1 saturated heterocycles. The maximum atomic E-state index is 12.8. The maximum absolute atomic E-state index is 12.8. The fourth-order valence-electron chi connectivity index (χ4n) is 4.81. The molecule has 0 radical (unpaired) electrons. The molecule has 2 aliphatic rings. The Hall–Kier alpha value is -3.62. The van der Waals surface area contributed by atoms with Gasteiger partial charge in [-0.25, -0.2) is 0 Å². The maximum Gasteiger partial charge on any atom is 0.179 e. The van der Waals surface area contributed by atoms with Crippen LogP contribution in [0.15, 0.2) is 78.9 Å². The molecule has 1 aliphatic carbocycles. The van der Waals surface area contributed by atoms with Gasteiger partial charge in [0.25, 0.3) is 0 Å². The van der Waals surface area contributed by atoms with Crippen LogP contribution in [0.25, 0.3) is 11.1 Å². The van der Waals surface area contributed by atoms with E-state index >= 15 is 0 Å². The van der Waals surface area contributed by atoms with Gasteiger partial charge in [-0.3, -0.25) is 4.79 Å². The molecule has 0 bridgehead atoms. The van der Waals surface area contributed by atoms with Crippen LogP contribution in [0.4, 0.5) is 0 Å². The number of rotatable bonds is 7. The van der Waals surface area contributed by atoms with E-state index in [-0.39, 0.29) is 11.3 Å². The van der Waals surface area contributed by atoms with Crippen LogP contribution in [0.5, 0.6) is 11.5 Å². The van der Waals surface area contributed by atoms with E-state index in [9.17, 15) is 10.1 Å². The Bertz CT molecular complexity index is 1150. The number of nitriles is 1. The quantitative estimate of drug-likeness (QED) is 0.434. The molecule has 5 rings (SSSR count). The average Bonchev–Trinajstić information content (AvgIpc) is 3.08. The van der Waals surface area contributed by atoms with Crippen LogP contribution in [0.3, 0.4) is 0 Å².